The van der Waals surface area contributed by atoms with Crippen molar-refractivity contribution in [1.29, 1.82) is 0 Å². The number of oxazole rings is 1. The van der Waals surface area contributed by atoms with Crippen LogP contribution in [-0.4, -0.2) is 69.1 Å². The Labute approximate surface area is 189 Å². The van der Waals surface area contributed by atoms with E-state index in [9.17, 15) is 9.59 Å². The van der Waals surface area contributed by atoms with Gasteiger partial charge in [-0.1, -0.05) is 0 Å². The summed E-state index contributed by atoms with van der Waals surface area (Å²) in [5.41, 5.74) is 1.40. The molecule has 5 heterocycles. The van der Waals surface area contributed by atoms with Crippen LogP contribution in [0.5, 0.6) is 0 Å². The summed E-state index contributed by atoms with van der Waals surface area (Å²) in [6, 6.07) is 1.99. The van der Waals surface area contributed by atoms with E-state index in [-0.39, 0.29) is 11.7 Å². The summed E-state index contributed by atoms with van der Waals surface area (Å²) in [6.07, 6.45) is 6.11. The highest BCUT2D eigenvalue weighted by Gasteiger charge is 2.28. The molecule has 3 aromatic heterocycles. The Bertz CT molecular complexity index is 1180. The number of carboxylic acid groups (broad SMARTS) is 1. The Balaban J connectivity index is 1.35. The zero-order chi connectivity index (χ0) is 22.9. The van der Waals surface area contributed by atoms with Crippen molar-refractivity contribution in [2.45, 2.75) is 31.7 Å². The molecule has 0 bridgehead atoms. The van der Waals surface area contributed by atoms with E-state index in [0.717, 1.165) is 31.3 Å². The quantitative estimate of drug-likeness (QED) is 0.528. The average Bonchev–Trinajstić information content (AvgIpc) is 3.52. The van der Waals surface area contributed by atoms with Crippen molar-refractivity contribution in [1.82, 2.24) is 25.1 Å². The van der Waals surface area contributed by atoms with Gasteiger partial charge >= 0.3 is 6.09 Å². The summed E-state index contributed by atoms with van der Waals surface area (Å²) in [5.74, 6) is 0.313. The van der Waals surface area contributed by atoms with E-state index < -0.39 is 12.0 Å². The van der Waals surface area contributed by atoms with Crippen molar-refractivity contribution in [3.05, 3.63) is 24.2 Å². The third kappa shape index (κ3) is 4.41. The van der Waals surface area contributed by atoms with Gasteiger partial charge in [0.2, 0.25) is 0 Å². The average molecular weight is 454 g/mol. The SMILES string of the molecule is Cn1cc2cc(NC(=O)c3coc(N4CC[C@H](NC(=O)O)C4)n3)c(N3CCCCC3)nc2n1. The molecule has 0 saturated carbocycles. The number of carbonyl (C=O) groups excluding carboxylic acids is 1. The van der Waals surface area contributed by atoms with Gasteiger partial charge in [-0.2, -0.15) is 10.1 Å². The fourth-order valence-corrected chi connectivity index (χ4v) is 4.43. The molecule has 174 valence electrons. The number of hydrogen-bond acceptors (Lipinski definition) is 8. The fraction of sp³-hybridized carbons (Fsp3) is 0.476. The molecule has 33 heavy (non-hydrogen) atoms. The Morgan fingerprint density at radius 3 is 2.76 bits per heavy atom. The van der Waals surface area contributed by atoms with Crippen LogP contribution in [0.2, 0.25) is 0 Å². The number of pyridine rings is 1. The standard InChI is InChI=1S/C21H26N8O4/c1-27-10-13-9-15(18(25-17(13)26-27)28-6-3-2-4-7-28)23-19(30)16-12-33-20(24-16)29-8-5-14(11-29)22-21(31)32/h9-10,12,14,22H,2-8,11H2,1H3,(H,23,30)(H,31,32)/t14-/m0/s1. The van der Waals surface area contributed by atoms with Crippen LogP contribution in [0.25, 0.3) is 11.0 Å². The van der Waals surface area contributed by atoms with Gasteiger partial charge in [0.1, 0.15) is 6.26 Å². The van der Waals surface area contributed by atoms with Crippen LogP contribution in [0, 0.1) is 0 Å². The second-order valence-corrected chi connectivity index (χ2v) is 8.47. The van der Waals surface area contributed by atoms with Gasteiger partial charge in [0.25, 0.3) is 11.9 Å². The second kappa shape index (κ2) is 8.60. The first kappa shape index (κ1) is 21.0. The molecule has 0 aliphatic carbocycles. The van der Waals surface area contributed by atoms with E-state index in [2.05, 4.69) is 25.6 Å². The molecule has 12 heteroatoms. The van der Waals surface area contributed by atoms with Crippen molar-refractivity contribution < 1.29 is 19.1 Å². The van der Waals surface area contributed by atoms with Crippen molar-refractivity contribution in [3.63, 3.8) is 0 Å². The van der Waals surface area contributed by atoms with Crippen LogP contribution < -0.4 is 20.4 Å². The molecule has 2 amide bonds. The minimum Gasteiger partial charge on any atom is -0.465 e. The lowest BCUT2D eigenvalue weighted by Crippen LogP contribution is -2.36. The molecule has 2 aliphatic heterocycles. The van der Waals surface area contributed by atoms with Gasteiger partial charge in [0.15, 0.2) is 17.2 Å². The predicted molar refractivity (Wildman–Crippen MR) is 121 cm³/mol. The number of nitrogens with one attached hydrogen (secondary N) is 2. The van der Waals surface area contributed by atoms with Crippen molar-refractivity contribution in [2.24, 2.45) is 7.05 Å². The molecule has 0 unspecified atom stereocenters. The normalized spacial score (nSPS) is 18.6. The summed E-state index contributed by atoms with van der Waals surface area (Å²) in [5, 5.41) is 19.6. The molecule has 0 radical (unpaired) electrons. The molecule has 2 fully saturated rings. The van der Waals surface area contributed by atoms with Gasteiger partial charge < -0.3 is 30.0 Å². The van der Waals surface area contributed by atoms with Gasteiger partial charge in [-0.25, -0.2) is 9.78 Å². The Morgan fingerprint density at radius 1 is 1.15 bits per heavy atom. The van der Waals surface area contributed by atoms with E-state index in [0.29, 0.717) is 42.7 Å². The Hall–Kier alpha value is -3.83. The van der Waals surface area contributed by atoms with Gasteiger partial charge in [-0.15, -0.1) is 0 Å². The largest absolute Gasteiger partial charge is 0.465 e. The Kier molecular flexibility index (Phi) is 5.48. The van der Waals surface area contributed by atoms with Gasteiger partial charge in [-0.3, -0.25) is 9.48 Å². The van der Waals surface area contributed by atoms with E-state index in [1.54, 1.807) is 4.68 Å². The molecule has 2 saturated heterocycles. The van der Waals surface area contributed by atoms with Crippen molar-refractivity contribution in [3.8, 4) is 0 Å². The maximum absolute atomic E-state index is 13.0. The lowest BCUT2D eigenvalue weighted by atomic mass is 10.1. The third-order valence-corrected chi connectivity index (χ3v) is 6.00. The predicted octanol–water partition coefficient (Wildman–Crippen LogP) is 2.05. The number of nitrogens with zero attached hydrogens (tertiary/aromatic N) is 6. The monoisotopic (exact) mass is 454 g/mol. The van der Waals surface area contributed by atoms with E-state index in [4.69, 9.17) is 14.5 Å². The smallest absolute Gasteiger partial charge is 0.404 e. The molecule has 5 rings (SSSR count). The Morgan fingerprint density at radius 2 is 1.97 bits per heavy atom. The van der Waals surface area contributed by atoms with E-state index in [1.165, 1.54) is 12.7 Å². The molecule has 3 aromatic rings. The topological polar surface area (TPSA) is 142 Å². The molecule has 1 atom stereocenters. The number of rotatable bonds is 5. The molecular formula is C21H26N8O4. The van der Waals surface area contributed by atoms with Crippen LogP contribution in [0.4, 0.5) is 22.3 Å². The van der Waals surface area contributed by atoms with E-state index >= 15 is 0 Å². The van der Waals surface area contributed by atoms with Crippen LogP contribution in [0.3, 0.4) is 0 Å². The van der Waals surface area contributed by atoms with Gasteiger partial charge in [0.05, 0.1) is 11.7 Å². The summed E-state index contributed by atoms with van der Waals surface area (Å²) in [6.45, 7) is 2.79. The second-order valence-electron chi connectivity index (χ2n) is 8.47. The number of hydrogen-bond donors (Lipinski definition) is 3. The zero-order valence-electron chi connectivity index (χ0n) is 18.3. The number of amides is 2. The van der Waals surface area contributed by atoms with Crippen LogP contribution >= 0.6 is 0 Å². The highest BCUT2D eigenvalue weighted by Crippen LogP contribution is 2.30. The van der Waals surface area contributed by atoms with Crippen molar-refractivity contribution >= 4 is 40.6 Å². The summed E-state index contributed by atoms with van der Waals surface area (Å²) < 4.78 is 7.22. The summed E-state index contributed by atoms with van der Waals surface area (Å²) in [4.78, 5) is 36.9. The first-order valence-corrected chi connectivity index (χ1v) is 11.1. The molecule has 3 N–H and O–H groups in total. The number of fused-ring (bicyclic) bond motifs is 1. The van der Waals surface area contributed by atoms with Crippen LogP contribution in [-0.2, 0) is 7.05 Å². The highest BCUT2D eigenvalue weighted by molar-refractivity contribution is 6.05. The molecule has 0 aromatic carbocycles. The highest BCUT2D eigenvalue weighted by atomic mass is 16.4. The van der Waals surface area contributed by atoms with Gasteiger partial charge in [0, 0.05) is 44.8 Å². The number of carbonyl (C=O) groups is 2. The maximum atomic E-state index is 13.0. The minimum absolute atomic E-state index is 0.149. The number of aryl methyl sites for hydroxylation is 1. The lowest BCUT2D eigenvalue weighted by molar-refractivity contribution is 0.102. The molecular weight excluding hydrogens is 428 g/mol. The third-order valence-electron chi connectivity index (χ3n) is 6.00. The lowest BCUT2D eigenvalue weighted by Gasteiger charge is -2.29. The molecule has 2 aliphatic rings. The van der Waals surface area contributed by atoms with Crippen LogP contribution in [0.15, 0.2) is 22.9 Å². The first-order valence-electron chi connectivity index (χ1n) is 11.1. The number of aromatic nitrogens is 4. The first-order chi connectivity index (χ1) is 16.0. The van der Waals surface area contributed by atoms with Crippen molar-refractivity contribution in [2.75, 3.05) is 41.3 Å². The maximum Gasteiger partial charge on any atom is 0.404 e. The zero-order valence-corrected chi connectivity index (χ0v) is 18.3. The van der Waals surface area contributed by atoms with Gasteiger partial charge in [-0.05, 0) is 31.7 Å². The number of piperidine rings is 1. The molecule has 0 spiro atoms. The summed E-state index contributed by atoms with van der Waals surface area (Å²) >= 11 is 0. The van der Waals surface area contributed by atoms with Crippen LogP contribution in [0.1, 0.15) is 36.2 Å². The van der Waals surface area contributed by atoms with E-state index in [1.807, 2.05) is 24.2 Å². The minimum atomic E-state index is -1.06. The summed E-state index contributed by atoms with van der Waals surface area (Å²) in [7, 11) is 1.84. The molecule has 12 nitrogen and oxygen atoms in total. The number of anilines is 3. The fourth-order valence-electron chi connectivity index (χ4n) is 4.43.